The maximum Gasteiger partial charge on any atom is 0.133 e. The highest BCUT2D eigenvalue weighted by Gasteiger charge is 2.28. The Hall–Kier alpha value is -1.09. The Kier molecular flexibility index (Phi) is 4.69. The number of pyridine rings is 1. The lowest BCUT2D eigenvalue weighted by molar-refractivity contribution is 0.494. The SMILES string of the molecule is Cc1cc(C)c(CNC(C)C)c(N2CC(C)C(C)C2)n1. The van der Waals surface area contributed by atoms with Crippen molar-refractivity contribution in [2.24, 2.45) is 11.8 Å². The molecule has 2 heterocycles. The standard InChI is InChI=1S/C17H29N3/c1-11(2)18-8-16-12(3)7-15(6)19-17(16)20-9-13(4)14(5)10-20/h7,11,13-14,18H,8-10H2,1-6H3. The van der Waals surface area contributed by atoms with Crippen molar-refractivity contribution in [3.63, 3.8) is 0 Å². The van der Waals surface area contributed by atoms with Crippen LogP contribution < -0.4 is 10.2 Å². The average Bonchev–Trinajstić information content (AvgIpc) is 2.67. The molecule has 0 amide bonds. The number of rotatable bonds is 4. The molecular weight excluding hydrogens is 246 g/mol. The number of aryl methyl sites for hydroxylation is 2. The molecule has 1 aromatic rings. The van der Waals surface area contributed by atoms with E-state index < -0.39 is 0 Å². The van der Waals surface area contributed by atoms with Crippen molar-refractivity contribution in [1.29, 1.82) is 0 Å². The third-order valence-electron chi connectivity index (χ3n) is 4.43. The molecule has 0 bridgehead atoms. The molecule has 2 rings (SSSR count). The topological polar surface area (TPSA) is 28.2 Å². The van der Waals surface area contributed by atoms with Crippen molar-refractivity contribution in [3.05, 3.63) is 22.9 Å². The van der Waals surface area contributed by atoms with Gasteiger partial charge in [0.2, 0.25) is 0 Å². The monoisotopic (exact) mass is 275 g/mol. The Balaban J connectivity index is 2.30. The Bertz CT molecular complexity index is 458. The van der Waals surface area contributed by atoms with Gasteiger partial charge in [0.25, 0.3) is 0 Å². The van der Waals surface area contributed by atoms with Gasteiger partial charge < -0.3 is 10.2 Å². The fraction of sp³-hybridized carbons (Fsp3) is 0.706. The number of nitrogens with zero attached hydrogens (tertiary/aromatic N) is 2. The minimum atomic E-state index is 0.500. The number of nitrogens with one attached hydrogen (secondary N) is 1. The van der Waals surface area contributed by atoms with Crippen molar-refractivity contribution in [2.75, 3.05) is 18.0 Å². The largest absolute Gasteiger partial charge is 0.356 e. The minimum absolute atomic E-state index is 0.500. The van der Waals surface area contributed by atoms with Crippen molar-refractivity contribution in [2.45, 2.75) is 54.1 Å². The summed E-state index contributed by atoms with van der Waals surface area (Å²) < 4.78 is 0. The maximum atomic E-state index is 4.85. The second-order valence-corrected chi connectivity index (χ2v) is 6.78. The molecule has 2 atom stereocenters. The van der Waals surface area contributed by atoms with Gasteiger partial charge in [-0.1, -0.05) is 27.7 Å². The molecule has 1 aliphatic rings. The highest BCUT2D eigenvalue weighted by Crippen LogP contribution is 2.30. The maximum absolute atomic E-state index is 4.85. The molecule has 0 radical (unpaired) electrons. The molecule has 3 heteroatoms. The second-order valence-electron chi connectivity index (χ2n) is 6.78. The van der Waals surface area contributed by atoms with Crippen LogP contribution in [0.25, 0.3) is 0 Å². The number of hydrogen-bond donors (Lipinski definition) is 1. The van der Waals surface area contributed by atoms with E-state index in [0.29, 0.717) is 6.04 Å². The highest BCUT2D eigenvalue weighted by molar-refractivity contribution is 5.52. The Morgan fingerprint density at radius 3 is 2.40 bits per heavy atom. The van der Waals surface area contributed by atoms with Gasteiger partial charge >= 0.3 is 0 Å². The average molecular weight is 275 g/mol. The van der Waals surface area contributed by atoms with Gasteiger partial charge in [0.15, 0.2) is 0 Å². The highest BCUT2D eigenvalue weighted by atomic mass is 15.2. The first kappa shape index (κ1) is 15.3. The molecule has 3 nitrogen and oxygen atoms in total. The van der Waals surface area contributed by atoms with E-state index in [1.165, 1.54) is 16.9 Å². The fourth-order valence-corrected chi connectivity index (χ4v) is 2.93. The molecule has 0 aromatic carbocycles. The minimum Gasteiger partial charge on any atom is -0.356 e. The number of anilines is 1. The zero-order valence-corrected chi connectivity index (χ0v) is 13.8. The van der Waals surface area contributed by atoms with Gasteiger partial charge in [-0.15, -0.1) is 0 Å². The summed E-state index contributed by atoms with van der Waals surface area (Å²) >= 11 is 0. The van der Waals surface area contributed by atoms with Crippen LogP contribution in [-0.2, 0) is 6.54 Å². The van der Waals surface area contributed by atoms with E-state index in [9.17, 15) is 0 Å². The summed E-state index contributed by atoms with van der Waals surface area (Å²) in [6.45, 7) is 16.5. The summed E-state index contributed by atoms with van der Waals surface area (Å²) in [6, 6.07) is 2.70. The molecule has 112 valence electrons. The number of hydrogen-bond acceptors (Lipinski definition) is 3. The van der Waals surface area contributed by atoms with Crippen molar-refractivity contribution in [1.82, 2.24) is 10.3 Å². The summed E-state index contributed by atoms with van der Waals surface area (Å²) in [6.07, 6.45) is 0. The van der Waals surface area contributed by atoms with E-state index in [-0.39, 0.29) is 0 Å². The predicted molar refractivity (Wildman–Crippen MR) is 86.2 cm³/mol. The van der Waals surface area contributed by atoms with Crippen molar-refractivity contribution < 1.29 is 0 Å². The zero-order chi connectivity index (χ0) is 14.9. The molecular formula is C17H29N3. The molecule has 0 saturated carbocycles. The first-order chi connectivity index (χ1) is 9.38. The normalized spacial score (nSPS) is 22.9. The van der Waals surface area contributed by atoms with Gasteiger partial charge in [0, 0.05) is 36.9 Å². The summed E-state index contributed by atoms with van der Waals surface area (Å²) in [4.78, 5) is 7.33. The van der Waals surface area contributed by atoms with E-state index in [0.717, 1.165) is 37.2 Å². The van der Waals surface area contributed by atoms with Crippen LogP contribution in [0.3, 0.4) is 0 Å². The lowest BCUT2D eigenvalue weighted by Gasteiger charge is -2.23. The van der Waals surface area contributed by atoms with Gasteiger partial charge in [0.05, 0.1) is 0 Å². The smallest absolute Gasteiger partial charge is 0.133 e. The van der Waals surface area contributed by atoms with Crippen LogP contribution in [0, 0.1) is 25.7 Å². The Morgan fingerprint density at radius 1 is 1.25 bits per heavy atom. The van der Waals surface area contributed by atoms with Crippen LogP contribution in [0.15, 0.2) is 6.07 Å². The molecule has 20 heavy (non-hydrogen) atoms. The third kappa shape index (κ3) is 3.32. The first-order valence-electron chi connectivity index (χ1n) is 7.84. The van der Waals surface area contributed by atoms with Crippen LogP contribution in [0.4, 0.5) is 5.82 Å². The summed E-state index contributed by atoms with van der Waals surface area (Å²) in [7, 11) is 0. The van der Waals surface area contributed by atoms with Crippen LogP contribution >= 0.6 is 0 Å². The van der Waals surface area contributed by atoms with Crippen molar-refractivity contribution >= 4 is 5.82 Å². The Labute approximate surface area is 123 Å². The molecule has 1 saturated heterocycles. The van der Waals surface area contributed by atoms with Crippen LogP contribution in [-0.4, -0.2) is 24.1 Å². The van der Waals surface area contributed by atoms with Gasteiger partial charge in [-0.2, -0.15) is 0 Å². The van der Waals surface area contributed by atoms with Crippen LogP contribution in [0.1, 0.15) is 44.5 Å². The van der Waals surface area contributed by atoms with E-state index in [4.69, 9.17) is 4.98 Å². The molecule has 2 unspecified atom stereocenters. The third-order valence-corrected chi connectivity index (χ3v) is 4.43. The zero-order valence-electron chi connectivity index (χ0n) is 13.8. The lowest BCUT2D eigenvalue weighted by Crippen LogP contribution is -2.27. The molecule has 1 aromatic heterocycles. The predicted octanol–water partition coefficient (Wildman–Crippen LogP) is 3.29. The quantitative estimate of drug-likeness (QED) is 0.914. The van der Waals surface area contributed by atoms with E-state index in [2.05, 4.69) is 57.8 Å². The summed E-state index contributed by atoms with van der Waals surface area (Å²) in [5.74, 6) is 2.71. The van der Waals surface area contributed by atoms with Crippen LogP contribution in [0.2, 0.25) is 0 Å². The first-order valence-corrected chi connectivity index (χ1v) is 7.84. The molecule has 0 spiro atoms. The summed E-state index contributed by atoms with van der Waals surface area (Å²) in [5.41, 5.74) is 3.84. The van der Waals surface area contributed by atoms with E-state index in [1.807, 2.05) is 0 Å². The van der Waals surface area contributed by atoms with Gasteiger partial charge in [-0.3, -0.25) is 0 Å². The van der Waals surface area contributed by atoms with Gasteiger partial charge in [-0.25, -0.2) is 4.98 Å². The molecule has 1 N–H and O–H groups in total. The number of aromatic nitrogens is 1. The van der Waals surface area contributed by atoms with Crippen molar-refractivity contribution in [3.8, 4) is 0 Å². The van der Waals surface area contributed by atoms with E-state index in [1.54, 1.807) is 0 Å². The van der Waals surface area contributed by atoms with Gasteiger partial charge in [0.1, 0.15) is 5.82 Å². The van der Waals surface area contributed by atoms with Gasteiger partial charge in [-0.05, 0) is 37.3 Å². The molecule has 0 aliphatic carbocycles. The summed E-state index contributed by atoms with van der Waals surface area (Å²) in [5, 5.41) is 3.54. The Morgan fingerprint density at radius 2 is 1.85 bits per heavy atom. The molecule has 1 fully saturated rings. The lowest BCUT2D eigenvalue weighted by atomic mass is 10.0. The molecule has 1 aliphatic heterocycles. The van der Waals surface area contributed by atoms with Crippen LogP contribution in [0.5, 0.6) is 0 Å². The second kappa shape index (κ2) is 6.13. The fourth-order valence-electron chi connectivity index (χ4n) is 2.93. The van der Waals surface area contributed by atoms with E-state index >= 15 is 0 Å².